The fourth-order valence-electron chi connectivity index (χ4n) is 2.17. The van der Waals surface area contributed by atoms with Gasteiger partial charge in [-0.2, -0.15) is 0 Å². The lowest BCUT2D eigenvalue weighted by Gasteiger charge is -2.20. The van der Waals surface area contributed by atoms with Crippen molar-refractivity contribution in [2.75, 3.05) is 7.11 Å². The number of hydrogen-bond donors (Lipinski definition) is 0. The number of methoxy groups -OCH3 is 1. The van der Waals surface area contributed by atoms with Gasteiger partial charge in [0.1, 0.15) is 5.75 Å². The summed E-state index contributed by atoms with van der Waals surface area (Å²) in [6.45, 7) is 8.83. The predicted octanol–water partition coefficient (Wildman–Crippen LogP) is 3.78. The molecule has 0 aromatic heterocycles. The van der Waals surface area contributed by atoms with Crippen molar-refractivity contribution in [3.63, 3.8) is 0 Å². The largest absolute Gasteiger partial charge is 0.496 e. The molecule has 1 aromatic carbocycles. The first kappa shape index (κ1) is 14.5. The maximum atomic E-state index is 10.3. The molecule has 0 heterocycles. The number of carbonyl (C=O) groups excluding carboxylic acids is 1. The van der Waals surface area contributed by atoms with E-state index in [4.69, 9.17) is 4.74 Å². The second-order valence-corrected chi connectivity index (χ2v) is 4.97. The van der Waals surface area contributed by atoms with Crippen LogP contribution < -0.4 is 4.74 Å². The third-order valence-corrected chi connectivity index (χ3v) is 3.08. The Labute approximate surface area is 109 Å². The highest BCUT2D eigenvalue weighted by molar-refractivity contribution is 5.49. The maximum absolute atomic E-state index is 10.3. The van der Waals surface area contributed by atoms with E-state index < -0.39 is 0 Å². The first-order chi connectivity index (χ1) is 8.52. The van der Waals surface area contributed by atoms with Gasteiger partial charge >= 0.3 is 0 Å². The highest BCUT2D eigenvalue weighted by Crippen LogP contribution is 2.35. The molecule has 0 bridgehead atoms. The van der Waals surface area contributed by atoms with Crippen LogP contribution in [0.5, 0.6) is 5.75 Å². The number of rotatable bonds is 5. The maximum Gasteiger partial charge on any atom is 0.235 e. The van der Waals surface area contributed by atoms with E-state index in [1.807, 2.05) is 0 Å². The molecule has 0 unspecified atom stereocenters. The summed E-state index contributed by atoms with van der Waals surface area (Å²) in [7, 11) is 1.67. The van der Waals surface area contributed by atoms with Crippen LogP contribution in [0.4, 0.5) is 0 Å². The topological polar surface area (TPSA) is 38.7 Å². The summed E-state index contributed by atoms with van der Waals surface area (Å²) in [6, 6.07) is 4.21. The first-order valence-electron chi connectivity index (χ1n) is 6.26. The zero-order valence-electron chi connectivity index (χ0n) is 11.8. The molecule has 0 saturated carbocycles. The molecule has 3 heteroatoms. The summed E-state index contributed by atoms with van der Waals surface area (Å²) in [6.07, 6.45) is 1.60. The second-order valence-electron chi connectivity index (χ2n) is 4.97. The van der Waals surface area contributed by atoms with Gasteiger partial charge in [-0.15, -0.1) is 0 Å². The average molecular weight is 247 g/mol. The van der Waals surface area contributed by atoms with Gasteiger partial charge in [-0.05, 0) is 23.0 Å². The number of hydrogen-bond acceptors (Lipinski definition) is 3. The third-order valence-electron chi connectivity index (χ3n) is 3.08. The van der Waals surface area contributed by atoms with Crippen molar-refractivity contribution in [3.8, 4) is 5.75 Å². The number of ether oxygens (including phenoxy) is 1. The summed E-state index contributed by atoms with van der Waals surface area (Å²) in [5.41, 5.74) is 3.33. The van der Waals surface area contributed by atoms with E-state index in [0.29, 0.717) is 18.4 Å². The van der Waals surface area contributed by atoms with Gasteiger partial charge in [0.2, 0.25) is 6.08 Å². The molecule has 0 spiro atoms. The van der Waals surface area contributed by atoms with Crippen molar-refractivity contribution >= 4 is 6.08 Å². The highest BCUT2D eigenvalue weighted by atomic mass is 16.5. The van der Waals surface area contributed by atoms with Crippen LogP contribution in [0.25, 0.3) is 0 Å². The summed E-state index contributed by atoms with van der Waals surface area (Å²) in [4.78, 5) is 14.1. The van der Waals surface area contributed by atoms with Crippen molar-refractivity contribution in [1.82, 2.24) is 0 Å². The molecular weight excluding hydrogens is 226 g/mol. The summed E-state index contributed by atoms with van der Waals surface area (Å²) in [5, 5.41) is 0. The van der Waals surface area contributed by atoms with Gasteiger partial charge in [-0.3, -0.25) is 0 Å². The van der Waals surface area contributed by atoms with Gasteiger partial charge in [0.05, 0.1) is 13.7 Å². The van der Waals surface area contributed by atoms with Crippen LogP contribution in [-0.2, 0) is 11.3 Å². The number of nitrogens with zero attached hydrogens (tertiary/aromatic N) is 1. The highest BCUT2D eigenvalue weighted by Gasteiger charge is 2.17. The molecule has 3 nitrogen and oxygen atoms in total. The van der Waals surface area contributed by atoms with Crippen molar-refractivity contribution in [1.29, 1.82) is 0 Å². The third kappa shape index (κ3) is 2.99. The van der Waals surface area contributed by atoms with Crippen LogP contribution >= 0.6 is 0 Å². The lowest BCUT2D eigenvalue weighted by Crippen LogP contribution is -2.04. The Balaban J connectivity index is 3.44. The molecule has 1 rings (SSSR count). The van der Waals surface area contributed by atoms with Crippen molar-refractivity contribution < 1.29 is 9.53 Å². The smallest absolute Gasteiger partial charge is 0.235 e. The lowest BCUT2D eigenvalue weighted by atomic mass is 9.90. The molecule has 1 aromatic rings. The van der Waals surface area contributed by atoms with E-state index in [-0.39, 0.29) is 0 Å². The number of benzene rings is 1. The zero-order valence-corrected chi connectivity index (χ0v) is 11.8. The Morgan fingerprint density at radius 3 is 2.17 bits per heavy atom. The Hall–Kier alpha value is -1.60. The van der Waals surface area contributed by atoms with E-state index in [1.165, 1.54) is 5.56 Å². The minimum atomic E-state index is 0.334. The van der Waals surface area contributed by atoms with Gasteiger partial charge in [0, 0.05) is 5.56 Å². The standard InChI is InChI=1S/C15H21NO2/c1-10(2)12-6-7-13(11(3)4)15(18-5)14(12)8-16-9-17/h6-7,10-11H,8H2,1-5H3. The minimum Gasteiger partial charge on any atom is -0.496 e. The molecule has 0 N–H and O–H groups in total. The fraction of sp³-hybridized carbons (Fsp3) is 0.533. The van der Waals surface area contributed by atoms with E-state index in [0.717, 1.165) is 16.9 Å². The Morgan fingerprint density at radius 1 is 1.17 bits per heavy atom. The molecule has 0 fully saturated rings. The van der Waals surface area contributed by atoms with E-state index >= 15 is 0 Å². The monoisotopic (exact) mass is 247 g/mol. The van der Waals surface area contributed by atoms with Gasteiger partial charge in [0.15, 0.2) is 0 Å². The molecule has 0 amide bonds. The molecule has 0 aliphatic carbocycles. The van der Waals surface area contributed by atoms with Crippen LogP contribution in [0.1, 0.15) is 56.2 Å². The van der Waals surface area contributed by atoms with Gasteiger partial charge in [0.25, 0.3) is 0 Å². The molecule has 98 valence electrons. The van der Waals surface area contributed by atoms with Crippen molar-refractivity contribution in [3.05, 3.63) is 28.8 Å². The van der Waals surface area contributed by atoms with Crippen LogP contribution in [0.15, 0.2) is 17.1 Å². The first-order valence-corrected chi connectivity index (χ1v) is 6.26. The average Bonchev–Trinajstić information content (AvgIpc) is 2.34. The van der Waals surface area contributed by atoms with Crippen LogP contribution in [-0.4, -0.2) is 13.2 Å². The molecule has 18 heavy (non-hydrogen) atoms. The Morgan fingerprint density at radius 2 is 1.72 bits per heavy atom. The van der Waals surface area contributed by atoms with Crippen molar-refractivity contribution in [2.24, 2.45) is 4.99 Å². The SMILES string of the molecule is COc1c(C(C)C)ccc(C(C)C)c1CN=C=O. The van der Waals surface area contributed by atoms with E-state index in [9.17, 15) is 4.79 Å². The molecule has 0 atom stereocenters. The minimum absolute atomic E-state index is 0.334. The van der Waals surface area contributed by atoms with Gasteiger partial charge in [-0.1, -0.05) is 39.8 Å². The molecule has 0 saturated heterocycles. The summed E-state index contributed by atoms with van der Waals surface area (Å²) in [5.74, 6) is 1.60. The lowest BCUT2D eigenvalue weighted by molar-refractivity contribution is 0.401. The quantitative estimate of drug-likeness (QED) is 0.586. The summed E-state index contributed by atoms with van der Waals surface area (Å²) >= 11 is 0. The predicted molar refractivity (Wildman–Crippen MR) is 73.0 cm³/mol. The molecular formula is C15H21NO2. The molecule has 0 radical (unpaired) electrons. The van der Waals surface area contributed by atoms with Crippen LogP contribution in [0.2, 0.25) is 0 Å². The van der Waals surface area contributed by atoms with Gasteiger partial charge < -0.3 is 4.74 Å². The van der Waals surface area contributed by atoms with Crippen molar-refractivity contribution in [2.45, 2.75) is 46.1 Å². The van der Waals surface area contributed by atoms with Crippen LogP contribution in [0, 0.1) is 0 Å². The summed E-state index contributed by atoms with van der Waals surface area (Å²) < 4.78 is 5.54. The molecule has 0 aliphatic rings. The number of aliphatic imine (C=N–C) groups is 1. The normalized spacial score (nSPS) is 10.6. The van der Waals surface area contributed by atoms with E-state index in [2.05, 4.69) is 44.8 Å². The second kappa shape index (κ2) is 6.36. The Bertz CT molecular complexity index is 458. The zero-order chi connectivity index (χ0) is 13.7. The Kier molecular flexibility index (Phi) is 5.11. The number of isocyanates is 1. The fourth-order valence-corrected chi connectivity index (χ4v) is 2.17. The van der Waals surface area contributed by atoms with Gasteiger partial charge in [-0.25, -0.2) is 9.79 Å². The van der Waals surface area contributed by atoms with Crippen LogP contribution in [0.3, 0.4) is 0 Å². The van der Waals surface area contributed by atoms with E-state index in [1.54, 1.807) is 13.2 Å². The molecule has 0 aliphatic heterocycles.